The molecule has 2 aromatic rings. The van der Waals surface area contributed by atoms with Crippen molar-refractivity contribution in [2.24, 2.45) is 11.7 Å². The van der Waals surface area contributed by atoms with Gasteiger partial charge in [0.05, 0.1) is 5.92 Å². The van der Waals surface area contributed by atoms with Crippen LogP contribution in [-0.2, 0) is 4.79 Å². The molecule has 1 saturated heterocycles. The van der Waals surface area contributed by atoms with Crippen molar-refractivity contribution in [2.75, 3.05) is 13.1 Å². The molecular formula is C18H23N5O2. The van der Waals surface area contributed by atoms with Gasteiger partial charge in [-0.3, -0.25) is 9.59 Å². The number of nitrogens with zero attached hydrogens (tertiary/aromatic N) is 4. The van der Waals surface area contributed by atoms with Crippen molar-refractivity contribution in [1.82, 2.24) is 19.7 Å². The molecule has 3 rings (SSSR count). The van der Waals surface area contributed by atoms with E-state index in [4.69, 9.17) is 5.73 Å². The smallest absolute Gasteiger partial charge is 0.253 e. The van der Waals surface area contributed by atoms with E-state index in [2.05, 4.69) is 10.1 Å². The van der Waals surface area contributed by atoms with E-state index in [0.717, 1.165) is 24.2 Å². The van der Waals surface area contributed by atoms with Crippen LogP contribution in [0.3, 0.4) is 0 Å². The summed E-state index contributed by atoms with van der Waals surface area (Å²) in [6.07, 6.45) is 3.09. The number of benzene rings is 1. The predicted molar refractivity (Wildman–Crippen MR) is 93.7 cm³/mol. The molecule has 1 fully saturated rings. The number of hydrogen-bond donors (Lipinski definition) is 1. The fourth-order valence-electron chi connectivity index (χ4n) is 3.17. The van der Waals surface area contributed by atoms with Crippen LogP contribution in [0.25, 0.3) is 11.4 Å². The fourth-order valence-corrected chi connectivity index (χ4v) is 3.17. The Labute approximate surface area is 146 Å². The molecule has 1 aromatic heterocycles. The van der Waals surface area contributed by atoms with Crippen molar-refractivity contribution in [3.05, 3.63) is 36.2 Å². The summed E-state index contributed by atoms with van der Waals surface area (Å²) in [5.41, 5.74) is 6.90. The molecule has 0 spiro atoms. The summed E-state index contributed by atoms with van der Waals surface area (Å²) in [6, 6.07) is 7.56. The van der Waals surface area contributed by atoms with Gasteiger partial charge in [-0.15, -0.1) is 0 Å². The zero-order chi connectivity index (χ0) is 18.0. The standard InChI is InChI=1S/C18H23N5O2/c1-12(2)23-17(20-11-21-23)13-5-7-14(8-6-13)18(25)22-9-3-4-15(10-22)16(19)24/h5-8,11-12,15H,3-4,9-10H2,1-2H3,(H2,19,24)/t15-/m1/s1. The molecule has 1 aliphatic heterocycles. The zero-order valence-corrected chi connectivity index (χ0v) is 14.6. The molecule has 1 aliphatic rings. The maximum absolute atomic E-state index is 12.7. The Bertz CT molecular complexity index is 766. The second-order valence-electron chi connectivity index (χ2n) is 6.69. The van der Waals surface area contributed by atoms with Crippen molar-refractivity contribution in [1.29, 1.82) is 0 Å². The van der Waals surface area contributed by atoms with E-state index in [1.165, 1.54) is 6.33 Å². The molecule has 25 heavy (non-hydrogen) atoms. The maximum Gasteiger partial charge on any atom is 0.253 e. The molecule has 2 heterocycles. The van der Waals surface area contributed by atoms with Crippen LogP contribution in [0.2, 0.25) is 0 Å². The first-order valence-electron chi connectivity index (χ1n) is 8.56. The van der Waals surface area contributed by atoms with Crippen molar-refractivity contribution in [3.8, 4) is 11.4 Å². The Morgan fingerprint density at radius 2 is 1.96 bits per heavy atom. The van der Waals surface area contributed by atoms with Crippen LogP contribution >= 0.6 is 0 Å². The van der Waals surface area contributed by atoms with Gasteiger partial charge in [-0.25, -0.2) is 9.67 Å². The van der Waals surface area contributed by atoms with Crippen molar-refractivity contribution < 1.29 is 9.59 Å². The molecule has 7 heteroatoms. The molecule has 0 unspecified atom stereocenters. The minimum Gasteiger partial charge on any atom is -0.369 e. The van der Waals surface area contributed by atoms with Crippen molar-refractivity contribution in [2.45, 2.75) is 32.7 Å². The summed E-state index contributed by atoms with van der Waals surface area (Å²) in [5.74, 6) is 0.131. The van der Waals surface area contributed by atoms with Gasteiger partial charge >= 0.3 is 0 Å². The molecule has 132 valence electrons. The first-order chi connectivity index (χ1) is 12.0. The number of carbonyl (C=O) groups excluding carboxylic acids is 2. The summed E-state index contributed by atoms with van der Waals surface area (Å²) >= 11 is 0. The second-order valence-corrected chi connectivity index (χ2v) is 6.69. The van der Waals surface area contributed by atoms with Crippen LogP contribution < -0.4 is 5.73 Å². The highest BCUT2D eigenvalue weighted by atomic mass is 16.2. The molecule has 1 aromatic carbocycles. The number of hydrogen-bond acceptors (Lipinski definition) is 4. The normalized spacial score (nSPS) is 17.7. The highest BCUT2D eigenvalue weighted by molar-refractivity contribution is 5.95. The van der Waals surface area contributed by atoms with Crippen LogP contribution in [0.1, 0.15) is 43.1 Å². The van der Waals surface area contributed by atoms with Crippen LogP contribution in [0.5, 0.6) is 0 Å². The molecule has 7 nitrogen and oxygen atoms in total. The molecule has 0 radical (unpaired) electrons. The van der Waals surface area contributed by atoms with E-state index in [-0.39, 0.29) is 23.8 Å². The number of amides is 2. The molecule has 0 bridgehead atoms. The SMILES string of the molecule is CC(C)n1ncnc1-c1ccc(C(=O)N2CCC[C@@H](C(N)=O)C2)cc1. The Hall–Kier alpha value is -2.70. The highest BCUT2D eigenvalue weighted by Crippen LogP contribution is 2.22. The van der Waals surface area contributed by atoms with Crippen molar-refractivity contribution >= 4 is 11.8 Å². The topological polar surface area (TPSA) is 94.1 Å². The summed E-state index contributed by atoms with van der Waals surface area (Å²) in [7, 11) is 0. The summed E-state index contributed by atoms with van der Waals surface area (Å²) < 4.78 is 1.85. The largest absolute Gasteiger partial charge is 0.369 e. The third kappa shape index (κ3) is 3.55. The first kappa shape index (κ1) is 17.1. The third-order valence-corrected chi connectivity index (χ3v) is 4.56. The third-order valence-electron chi connectivity index (χ3n) is 4.56. The summed E-state index contributed by atoms with van der Waals surface area (Å²) in [5, 5.41) is 4.23. The van der Waals surface area contributed by atoms with E-state index in [0.29, 0.717) is 18.7 Å². The molecule has 0 aliphatic carbocycles. The average Bonchev–Trinajstić information content (AvgIpc) is 3.11. The number of likely N-dealkylation sites (tertiary alicyclic amines) is 1. The van der Waals surface area contributed by atoms with Gasteiger partial charge in [0.1, 0.15) is 6.33 Å². The van der Waals surface area contributed by atoms with Gasteiger partial charge < -0.3 is 10.6 Å². The predicted octanol–water partition coefficient (Wildman–Crippen LogP) is 1.86. The van der Waals surface area contributed by atoms with Gasteiger partial charge in [0.25, 0.3) is 5.91 Å². The van der Waals surface area contributed by atoms with E-state index in [1.807, 2.05) is 30.7 Å². The lowest BCUT2D eigenvalue weighted by Crippen LogP contribution is -2.44. The molecule has 2 N–H and O–H groups in total. The van der Waals surface area contributed by atoms with Crippen LogP contribution in [0, 0.1) is 5.92 Å². The van der Waals surface area contributed by atoms with Gasteiger partial charge in [0.15, 0.2) is 5.82 Å². The van der Waals surface area contributed by atoms with Gasteiger partial charge in [0.2, 0.25) is 5.91 Å². The number of primary amides is 1. The Balaban J connectivity index is 1.77. The molecule has 2 amide bonds. The second kappa shape index (κ2) is 7.04. The van der Waals surface area contributed by atoms with Crippen molar-refractivity contribution in [3.63, 3.8) is 0 Å². The number of rotatable bonds is 4. The van der Waals surface area contributed by atoms with Crippen LogP contribution in [0.15, 0.2) is 30.6 Å². The van der Waals surface area contributed by atoms with Gasteiger partial charge in [-0.05, 0) is 38.8 Å². The van der Waals surface area contributed by atoms with Crippen LogP contribution in [0.4, 0.5) is 0 Å². The van der Waals surface area contributed by atoms with E-state index >= 15 is 0 Å². The Morgan fingerprint density at radius 1 is 1.24 bits per heavy atom. The zero-order valence-electron chi connectivity index (χ0n) is 14.6. The summed E-state index contributed by atoms with van der Waals surface area (Å²) in [4.78, 5) is 30.1. The number of piperidine rings is 1. The van der Waals surface area contributed by atoms with E-state index in [1.54, 1.807) is 17.0 Å². The lowest BCUT2D eigenvalue weighted by Gasteiger charge is -2.31. The minimum absolute atomic E-state index is 0.0668. The van der Waals surface area contributed by atoms with Gasteiger partial charge in [0, 0.05) is 30.3 Å². The molecule has 1 atom stereocenters. The Kier molecular flexibility index (Phi) is 4.83. The lowest BCUT2D eigenvalue weighted by atomic mass is 9.97. The van der Waals surface area contributed by atoms with Gasteiger partial charge in [-0.2, -0.15) is 5.10 Å². The Morgan fingerprint density at radius 3 is 2.60 bits per heavy atom. The average molecular weight is 341 g/mol. The highest BCUT2D eigenvalue weighted by Gasteiger charge is 2.27. The number of carbonyl (C=O) groups is 2. The van der Waals surface area contributed by atoms with Crippen LogP contribution in [-0.4, -0.2) is 44.6 Å². The van der Waals surface area contributed by atoms with E-state index < -0.39 is 0 Å². The quantitative estimate of drug-likeness (QED) is 0.918. The molecular weight excluding hydrogens is 318 g/mol. The lowest BCUT2D eigenvalue weighted by molar-refractivity contribution is -0.123. The molecule has 0 saturated carbocycles. The van der Waals surface area contributed by atoms with Gasteiger partial charge in [-0.1, -0.05) is 12.1 Å². The summed E-state index contributed by atoms with van der Waals surface area (Å²) in [6.45, 7) is 5.15. The minimum atomic E-state index is -0.333. The first-order valence-corrected chi connectivity index (χ1v) is 8.56. The fraction of sp³-hybridized carbons (Fsp3) is 0.444. The number of nitrogens with two attached hydrogens (primary N) is 1. The number of aromatic nitrogens is 3. The van der Waals surface area contributed by atoms with E-state index in [9.17, 15) is 9.59 Å². The monoisotopic (exact) mass is 341 g/mol. The maximum atomic E-state index is 12.7.